The highest BCUT2D eigenvalue weighted by Crippen LogP contribution is 2.34. The van der Waals surface area contributed by atoms with Gasteiger partial charge in [0.2, 0.25) is 5.82 Å². The molecule has 0 atom stereocenters. The summed E-state index contributed by atoms with van der Waals surface area (Å²) in [6.45, 7) is 2.40. The Balaban J connectivity index is 1.19. The van der Waals surface area contributed by atoms with E-state index in [0.717, 1.165) is 11.1 Å². The number of carbonyl (C=O) groups excluding carboxylic acids is 2. The number of carbonyl (C=O) groups is 3. The number of hydrogen-bond donors (Lipinski definition) is 1. The molecular weight excluding hydrogens is 557 g/mol. The summed E-state index contributed by atoms with van der Waals surface area (Å²) >= 11 is 0. The first-order valence-corrected chi connectivity index (χ1v) is 13.9. The maximum atomic E-state index is 14.8. The Morgan fingerprint density at radius 3 is 2.30 bits per heavy atom. The molecule has 1 N–H and O–H groups in total. The Labute approximate surface area is 247 Å². The highest BCUT2D eigenvalue weighted by molar-refractivity contribution is 5.99. The van der Waals surface area contributed by atoms with Gasteiger partial charge in [-0.1, -0.05) is 65.8 Å². The van der Waals surface area contributed by atoms with Crippen molar-refractivity contribution in [3.05, 3.63) is 84.2 Å². The number of benzene rings is 3. The van der Waals surface area contributed by atoms with E-state index in [4.69, 9.17) is 14.0 Å². The van der Waals surface area contributed by atoms with Crippen molar-refractivity contribution in [2.75, 3.05) is 26.3 Å². The molecule has 1 aliphatic heterocycles. The number of aromatic nitrogens is 2. The number of hydrogen-bond acceptors (Lipinski definition) is 9. The van der Waals surface area contributed by atoms with Crippen LogP contribution in [-0.2, 0) is 30.4 Å². The summed E-state index contributed by atoms with van der Waals surface area (Å²) in [7, 11) is 0. The van der Waals surface area contributed by atoms with Gasteiger partial charge in [0.1, 0.15) is 5.82 Å². The molecule has 1 saturated heterocycles. The molecular formula is C32H30FN3O7. The topological polar surface area (TPSA) is 132 Å². The van der Waals surface area contributed by atoms with Crippen LogP contribution in [0.5, 0.6) is 0 Å². The number of halogens is 1. The largest absolute Gasteiger partial charge is 0.480 e. The summed E-state index contributed by atoms with van der Waals surface area (Å²) in [6.07, 6.45) is 0.112. The van der Waals surface area contributed by atoms with Gasteiger partial charge in [-0.25, -0.2) is 9.18 Å². The summed E-state index contributed by atoms with van der Waals surface area (Å²) in [5.74, 6) is -2.74. The zero-order valence-corrected chi connectivity index (χ0v) is 23.5. The minimum Gasteiger partial charge on any atom is -0.480 e. The fourth-order valence-corrected chi connectivity index (χ4v) is 5.04. The highest BCUT2D eigenvalue weighted by atomic mass is 19.1. The van der Waals surface area contributed by atoms with Crippen LogP contribution in [0.3, 0.4) is 0 Å². The van der Waals surface area contributed by atoms with Crippen molar-refractivity contribution in [3.63, 3.8) is 0 Å². The molecule has 10 nitrogen and oxygen atoms in total. The lowest BCUT2D eigenvalue weighted by molar-refractivity contribution is -0.177. The van der Waals surface area contributed by atoms with Gasteiger partial charge in [0.05, 0.1) is 6.61 Å². The van der Waals surface area contributed by atoms with Gasteiger partial charge in [-0.3, -0.25) is 14.5 Å². The van der Waals surface area contributed by atoms with Crippen LogP contribution in [0.25, 0.3) is 34.0 Å². The Kier molecular flexibility index (Phi) is 8.91. The van der Waals surface area contributed by atoms with Crippen LogP contribution < -0.4 is 0 Å². The first-order valence-electron chi connectivity index (χ1n) is 13.9. The number of likely N-dealkylation sites (tertiary alicyclic amines) is 1. The average molecular weight is 588 g/mol. The zero-order chi connectivity index (χ0) is 30.4. The molecule has 0 amide bonds. The summed E-state index contributed by atoms with van der Waals surface area (Å²) in [6, 6.07) is 21.6. The van der Waals surface area contributed by atoms with E-state index in [0.29, 0.717) is 42.1 Å². The van der Waals surface area contributed by atoms with E-state index in [1.165, 1.54) is 6.07 Å². The van der Waals surface area contributed by atoms with Gasteiger partial charge in [-0.2, -0.15) is 4.98 Å². The Bertz CT molecular complexity index is 1600. The SMILES string of the molecule is CCOC(=O)COC(=O)C1(C(=O)O)CCN(Cc2ccc(-c3noc(-c4ccc(-c5ccccc5)c(F)c4)n3)cc2)CC1. The van der Waals surface area contributed by atoms with Crippen LogP contribution >= 0.6 is 0 Å². The van der Waals surface area contributed by atoms with Crippen LogP contribution in [-0.4, -0.2) is 64.4 Å². The molecule has 0 saturated carbocycles. The molecule has 1 aliphatic rings. The molecule has 43 heavy (non-hydrogen) atoms. The summed E-state index contributed by atoms with van der Waals surface area (Å²) in [5.41, 5.74) is 1.72. The van der Waals surface area contributed by atoms with Crippen molar-refractivity contribution >= 4 is 17.9 Å². The molecule has 222 valence electrons. The van der Waals surface area contributed by atoms with Gasteiger partial charge in [-0.15, -0.1) is 0 Å². The Morgan fingerprint density at radius 2 is 1.65 bits per heavy atom. The third-order valence-corrected chi connectivity index (χ3v) is 7.48. The fraction of sp³-hybridized carbons (Fsp3) is 0.281. The third kappa shape index (κ3) is 6.62. The van der Waals surface area contributed by atoms with E-state index in [1.807, 2.05) is 54.6 Å². The molecule has 0 spiro atoms. The van der Waals surface area contributed by atoms with Crippen molar-refractivity contribution in [3.8, 4) is 34.0 Å². The van der Waals surface area contributed by atoms with E-state index in [9.17, 15) is 23.9 Å². The molecule has 11 heteroatoms. The zero-order valence-electron chi connectivity index (χ0n) is 23.5. The van der Waals surface area contributed by atoms with Gasteiger partial charge >= 0.3 is 17.9 Å². The second-order valence-electron chi connectivity index (χ2n) is 10.2. The summed E-state index contributed by atoms with van der Waals surface area (Å²) in [5, 5.41) is 13.9. The number of rotatable bonds is 10. The monoisotopic (exact) mass is 587 g/mol. The fourth-order valence-electron chi connectivity index (χ4n) is 5.04. The Hall–Kier alpha value is -4.90. The second-order valence-corrected chi connectivity index (χ2v) is 10.2. The summed E-state index contributed by atoms with van der Waals surface area (Å²) in [4.78, 5) is 42.7. The van der Waals surface area contributed by atoms with Crippen LogP contribution in [0.4, 0.5) is 4.39 Å². The Morgan fingerprint density at radius 1 is 0.953 bits per heavy atom. The van der Waals surface area contributed by atoms with Crippen LogP contribution in [0.15, 0.2) is 77.3 Å². The van der Waals surface area contributed by atoms with Gasteiger partial charge in [0.25, 0.3) is 5.89 Å². The molecule has 0 unspecified atom stereocenters. The molecule has 0 bridgehead atoms. The molecule has 1 fully saturated rings. The van der Waals surface area contributed by atoms with E-state index in [2.05, 4.69) is 15.0 Å². The molecule has 4 aromatic rings. The van der Waals surface area contributed by atoms with E-state index >= 15 is 0 Å². The molecule has 5 rings (SSSR count). The first-order chi connectivity index (χ1) is 20.8. The number of carboxylic acid groups (broad SMARTS) is 1. The van der Waals surface area contributed by atoms with Crippen molar-refractivity contribution in [2.24, 2.45) is 5.41 Å². The normalized spacial score (nSPS) is 14.7. The lowest BCUT2D eigenvalue weighted by Crippen LogP contribution is -2.49. The van der Waals surface area contributed by atoms with E-state index < -0.39 is 29.9 Å². The standard InChI is InChI=1S/C32H30FN3O7/c1-2-41-27(37)20-42-31(40)32(30(38)39)14-16-36(17-15-32)19-21-8-10-23(11-9-21)28-34-29(43-35-28)24-12-13-25(26(33)18-24)22-6-4-3-5-7-22/h3-13,18H,2,14-17,19-20H2,1H3,(H,38,39). The van der Waals surface area contributed by atoms with Gasteiger partial charge in [0, 0.05) is 36.3 Å². The maximum absolute atomic E-state index is 14.8. The number of nitrogens with zero attached hydrogens (tertiary/aromatic N) is 3. The predicted octanol–water partition coefficient (Wildman–Crippen LogP) is 4.98. The van der Waals surface area contributed by atoms with Crippen LogP contribution in [0.2, 0.25) is 0 Å². The quantitative estimate of drug-likeness (QED) is 0.200. The molecule has 0 aliphatic carbocycles. The molecule has 0 radical (unpaired) electrons. The average Bonchev–Trinajstić information content (AvgIpc) is 3.52. The maximum Gasteiger partial charge on any atom is 0.344 e. The smallest absolute Gasteiger partial charge is 0.344 e. The van der Waals surface area contributed by atoms with Gasteiger partial charge in [0.15, 0.2) is 12.0 Å². The first kappa shape index (κ1) is 29.6. The summed E-state index contributed by atoms with van der Waals surface area (Å²) < 4.78 is 30.0. The predicted molar refractivity (Wildman–Crippen MR) is 153 cm³/mol. The van der Waals surface area contributed by atoms with Gasteiger partial charge in [-0.05, 0) is 43.0 Å². The highest BCUT2D eigenvalue weighted by Gasteiger charge is 2.49. The van der Waals surface area contributed by atoms with E-state index in [1.54, 1.807) is 19.1 Å². The van der Waals surface area contributed by atoms with Crippen molar-refractivity contribution in [1.29, 1.82) is 0 Å². The number of carboxylic acids is 1. The van der Waals surface area contributed by atoms with Crippen LogP contribution in [0.1, 0.15) is 25.3 Å². The van der Waals surface area contributed by atoms with Crippen molar-refractivity contribution in [2.45, 2.75) is 26.3 Å². The van der Waals surface area contributed by atoms with Crippen LogP contribution in [0, 0.1) is 11.2 Å². The molecule has 1 aromatic heterocycles. The minimum atomic E-state index is -1.70. The third-order valence-electron chi connectivity index (χ3n) is 7.48. The number of esters is 2. The molecule has 3 aromatic carbocycles. The molecule has 2 heterocycles. The minimum absolute atomic E-state index is 0.0562. The second kappa shape index (κ2) is 13.0. The number of ether oxygens (including phenoxy) is 2. The van der Waals surface area contributed by atoms with Crippen molar-refractivity contribution < 1.29 is 37.9 Å². The number of aliphatic carboxylic acids is 1. The lowest BCUT2D eigenvalue weighted by Gasteiger charge is -2.37. The lowest BCUT2D eigenvalue weighted by atomic mass is 9.78. The number of piperidine rings is 1. The van der Waals surface area contributed by atoms with Gasteiger partial charge < -0.3 is 19.1 Å². The van der Waals surface area contributed by atoms with Crippen molar-refractivity contribution in [1.82, 2.24) is 15.0 Å². The van der Waals surface area contributed by atoms with E-state index in [-0.39, 0.29) is 31.2 Å².